The SMILES string of the molecule is C=CCCCO/C(C)=c1\cc(C(C)C)cc(OCCCC=C)\c1=C\C(=C)C(C)(C)C. The molecule has 0 saturated carbocycles. The largest absolute Gasteiger partial charge is 0.498 e. The molecule has 30 heavy (non-hydrogen) atoms. The first kappa shape index (κ1) is 25.8. The van der Waals surface area contributed by atoms with Gasteiger partial charge in [0.25, 0.3) is 0 Å². The zero-order valence-electron chi connectivity index (χ0n) is 20.1. The standard InChI is InChI=1S/C28H42O2/c1-10-12-14-16-29-23(6)25-19-24(21(3)4)20-27(30-17-15-13-11-2)26(25)18-22(5)28(7,8)9/h10-11,18-21H,1-2,5,12-17H2,3-4,6-9H3/b25-23+,26-18+. The molecule has 1 aromatic rings. The summed E-state index contributed by atoms with van der Waals surface area (Å²) in [7, 11) is 0. The summed E-state index contributed by atoms with van der Waals surface area (Å²) in [5.74, 6) is 2.22. The molecule has 0 N–H and O–H groups in total. The van der Waals surface area contributed by atoms with Crippen LogP contribution < -0.4 is 15.2 Å². The zero-order chi connectivity index (χ0) is 22.7. The van der Waals surface area contributed by atoms with E-state index in [0.717, 1.165) is 53.2 Å². The van der Waals surface area contributed by atoms with Crippen molar-refractivity contribution in [3.8, 4) is 5.75 Å². The van der Waals surface area contributed by atoms with Crippen LogP contribution in [0.4, 0.5) is 0 Å². The Bertz CT molecular complexity index is 835. The highest BCUT2D eigenvalue weighted by Gasteiger charge is 2.15. The fourth-order valence-corrected chi connectivity index (χ4v) is 2.87. The lowest BCUT2D eigenvalue weighted by molar-refractivity contribution is 0.265. The van der Waals surface area contributed by atoms with Crippen LogP contribution in [0.2, 0.25) is 0 Å². The molecule has 0 heterocycles. The lowest BCUT2D eigenvalue weighted by Gasteiger charge is -2.20. The van der Waals surface area contributed by atoms with Crippen LogP contribution in [0.3, 0.4) is 0 Å². The van der Waals surface area contributed by atoms with Crippen LogP contribution in [-0.2, 0) is 4.74 Å². The molecular formula is C28H42O2. The summed E-state index contributed by atoms with van der Waals surface area (Å²) in [6.45, 7) is 26.3. The maximum Gasteiger partial charge on any atom is 0.127 e. The molecule has 0 atom stereocenters. The van der Waals surface area contributed by atoms with Gasteiger partial charge in [0.2, 0.25) is 0 Å². The average Bonchev–Trinajstić information content (AvgIpc) is 2.68. The third-order valence-electron chi connectivity index (χ3n) is 5.17. The van der Waals surface area contributed by atoms with Crippen LogP contribution in [0, 0.1) is 5.41 Å². The van der Waals surface area contributed by atoms with Crippen molar-refractivity contribution in [2.45, 2.75) is 73.1 Å². The second-order valence-electron chi connectivity index (χ2n) is 9.17. The Balaban J connectivity index is 3.61. The minimum absolute atomic E-state index is 0.0210. The Labute approximate surface area is 184 Å². The van der Waals surface area contributed by atoms with Crippen LogP contribution in [-0.4, -0.2) is 13.2 Å². The minimum atomic E-state index is -0.0210. The molecule has 1 rings (SSSR count). The monoisotopic (exact) mass is 410 g/mol. The predicted octanol–water partition coefficient (Wildman–Crippen LogP) is 6.65. The van der Waals surface area contributed by atoms with E-state index in [4.69, 9.17) is 9.47 Å². The number of benzene rings is 1. The van der Waals surface area contributed by atoms with Gasteiger partial charge in [-0.1, -0.05) is 53.3 Å². The molecule has 2 heteroatoms. The molecule has 0 aromatic heterocycles. The molecule has 0 amide bonds. The number of ether oxygens (including phenoxy) is 2. The molecule has 0 aliphatic carbocycles. The van der Waals surface area contributed by atoms with Gasteiger partial charge in [-0.3, -0.25) is 0 Å². The smallest absolute Gasteiger partial charge is 0.127 e. The van der Waals surface area contributed by atoms with E-state index < -0.39 is 0 Å². The van der Waals surface area contributed by atoms with Crippen molar-refractivity contribution < 1.29 is 9.47 Å². The van der Waals surface area contributed by atoms with Crippen molar-refractivity contribution in [2.75, 3.05) is 13.2 Å². The van der Waals surface area contributed by atoms with Gasteiger partial charge in [-0.2, -0.15) is 0 Å². The van der Waals surface area contributed by atoms with Gasteiger partial charge in [-0.25, -0.2) is 0 Å². The van der Waals surface area contributed by atoms with Gasteiger partial charge in [0.1, 0.15) is 11.5 Å². The van der Waals surface area contributed by atoms with Crippen molar-refractivity contribution in [1.82, 2.24) is 0 Å². The molecule has 166 valence electrons. The van der Waals surface area contributed by atoms with Crippen LogP contribution in [0.25, 0.3) is 11.8 Å². The summed E-state index contributed by atoms with van der Waals surface area (Å²) in [5.41, 5.74) is 2.29. The Kier molecular flexibility index (Phi) is 10.7. The van der Waals surface area contributed by atoms with Crippen molar-refractivity contribution in [1.29, 1.82) is 0 Å². The van der Waals surface area contributed by atoms with Crippen molar-refractivity contribution >= 4 is 11.8 Å². The quantitative estimate of drug-likeness (QED) is 0.284. The van der Waals surface area contributed by atoms with Crippen molar-refractivity contribution in [3.05, 3.63) is 65.6 Å². The highest BCUT2D eigenvalue weighted by Crippen LogP contribution is 2.25. The minimum Gasteiger partial charge on any atom is -0.498 e. The number of hydrogen-bond donors (Lipinski definition) is 0. The number of hydrogen-bond acceptors (Lipinski definition) is 2. The highest BCUT2D eigenvalue weighted by atomic mass is 16.5. The molecule has 0 aliphatic rings. The highest BCUT2D eigenvalue weighted by molar-refractivity contribution is 5.54. The Hall–Kier alpha value is -2.22. The van der Waals surface area contributed by atoms with E-state index in [1.54, 1.807) is 0 Å². The van der Waals surface area contributed by atoms with E-state index in [-0.39, 0.29) is 5.41 Å². The number of allylic oxidation sites excluding steroid dienone is 3. The summed E-state index contributed by atoms with van der Waals surface area (Å²) < 4.78 is 12.4. The second kappa shape index (κ2) is 12.5. The van der Waals surface area contributed by atoms with Gasteiger partial charge in [0.15, 0.2) is 0 Å². The summed E-state index contributed by atoms with van der Waals surface area (Å²) >= 11 is 0. The maximum atomic E-state index is 6.28. The van der Waals surface area contributed by atoms with Gasteiger partial charge in [-0.05, 0) is 73.3 Å². The Morgan fingerprint density at radius 1 is 1.03 bits per heavy atom. The first-order valence-electron chi connectivity index (χ1n) is 11.1. The Morgan fingerprint density at radius 3 is 2.17 bits per heavy atom. The summed E-state index contributed by atoms with van der Waals surface area (Å²) in [4.78, 5) is 0. The second-order valence-corrected chi connectivity index (χ2v) is 9.17. The maximum absolute atomic E-state index is 6.28. The first-order valence-corrected chi connectivity index (χ1v) is 11.1. The van der Waals surface area contributed by atoms with E-state index >= 15 is 0 Å². The van der Waals surface area contributed by atoms with Crippen molar-refractivity contribution in [3.63, 3.8) is 0 Å². The molecular weight excluding hydrogens is 368 g/mol. The summed E-state index contributed by atoms with van der Waals surface area (Å²) in [5, 5.41) is 2.14. The third-order valence-corrected chi connectivity index (χ3v) is 5.17. The van der Waals surface area contributed by atoms with E-state index in [1.807, 2.05) is 19.1 Å². The van der Waals surface area contributed by atoms with E-state index in [2.05, 4.69) is 72.6 Å². The molecule has 2 nitrogen and oxygen atoms in total. The molecule has 0 fully saturated rings. The molecule has 0 unspecified atom stereocenters. The Morgan fingerprint density at radius 2 is 1.63 bits per heavy atom. The third kappa shape index (κ3) is 8.26. The fourth-order valence-electron chi connectivity index (χ4n) is 2.87. The average molecular weight is 411 g/mol. The summed E-state index contributed by atoms with van der Waals surface area (Å²) in [6, 6.07) is 4.42. The van der Waals surface area contributed by atoms with Gasteiger partial charge >= 0.3 is 0 Å². The van der Waals surface area contributed by atoms with Gasteiger partial charge in [0, 0.05) is 10.4 Å². The molecule has 0 bridgehead atoms. The summed E-state index contributed by atoms with van der Waals surface area (Å²) in [6.07, 6.45) is 9.84. The lowest BCUT2D eigenvalue weighted by Crippen LogP contribution is -2.31. The van der Waals surface area contributed by atoms with E-state index in [1.165, 1.54) is 5.56 Å². The number of unbranched alkanes of at least 4 members (excludes halogenated alkanes) is 2. The van der Waals surface area contributed by atoms with Crippen LogP contribution >= 0.6 is 0 Å². The van der Waals surface area contributed by atoms with Gasteiger partial charge in [-0.15, -0.1) is 13.2 Å². The van der Waals surface area contributed by atoms with Gasteiger partial charge < -0.3 is 9.47 Å². The molecule has 1 aromatic carbocycles. The molecule has 0 radical (unpaired) electrons. The lowest BCUT2D eigenvalue weighted by atomic mass is 9.86. The van der Waals surface area contributed by atoms with Crippen LogP contribution in [0.15, 0.2) is 49.6 Å². The van der Waals surface area contributed by atoms with Crippen molar-refractivity contribution in [2.24, 2.45) is 5.41 Å². The topological polar surface area (TPSA) is 18.5 Å². The predicted molar refractivity (Wildman–Crippen MR) is 132 cm³/mol. The molecule has 0 saturated heterocycles. The van der Waals surface area contributed by atoms with E-state index in [0.29, 0.717) is 19.1 Å². The molecule has 0 spiro atoms. The zero-order valence-corrected chi connectivity index (χ0v) is 20.1. The van der Waals surface area contributed by atoms with E-state index in [9.17, 15) is 0 Å². The van der Waals surface area contributed by atoms with Crippen LogP contribution in [0.1, 0.15) is 78.7 Å². The molecule has 0 aliphatic heterocycles. The van der Waals surface area contributed by atoms with Crippen LogP contribution in [0.5, 0.6) is 5.75 Å². The first-order chi connectivity index (χ1) is 14.1. The normalized spacial score (nSPS) is 13.2. The van der Waals surface area contributed by atoms with Gasteiger partial charge in [0.05, 0.1) is 13.2 Å². The fraction of sp³-hybridized carbons (Fsp3) is 0.500. The number of rotatable bonds is 12.